The summed E-state index contributed by atoms with van der Waals surface area (Å²) in [6.45, 7) is 4.70. The average molecular weight is 158 g/mol. The summed E-state index contributed by atoms with van der Waals surface area (Å²) in [6, 6.07) is 0. The Morgan fingerprint density at radius 2 is 1.91 bits per heavy atom. The Kier molecular flexibility index (Phi) is 7.21. The van der Waals surface area contributed by atoms with Crippen LogP contribution in [0.2, 0.25) is 0 Å². The minimum atomic E-state index is -0.0414. The smallest absolute Gasteiger partial charge is 0.305 e. The predicted molar refractivity (Wildman–Crippen MR) is 45.4 cm³/mol. The van der Waals surface area contributed by atoms with Crippen molar-refractivity contribution in [2.45, 2.75) is 46.0 Å². The third kappa shape index (κ3) is 7.37. The zero-order chi connectivity index (χ0) is 8.53. The van der Waals surface area contributed by atoms with Gasteiger partial charge in [-0.25, -0.2) is 0 Å². The Hall–Kier alpha value is -0.530. The lowest BCUT2D eigenvalue weighted by molar-refractivity contribution is -0.143. The second kappa shape index (κ2) is 7.58. The first-order chi connectivity index (χ1) is 5.31. The molecule has 0 saturated heterocycles. The summed E-state index contributed by atoms with van der Waals surface area (Å²) in [5.74, 6) is -0.0414. The van der Waals surface area contributed by atoms with Crippen molar-refractivity contribution in [1.29, 1.82) is 0 Å². The highest BCUT2D eigenvalue weighted by atomic mass is 16.5. The molecule has 0 aliphatic carbocycles. The number of hydrogen-bond donors (Lipinski definition) is 0. The van der Waals surface area contributed by atoms with Gasteiger partial charge in [0, 0.05) is 6.42 Å². The molecule has 0 aromatic heterocycles. The van der Waals surface area contributed by atoms with Crippen LogP contribution in [0.3, 0.4) is 0 Å². The number of rotatable bonds is 6. The second-order valence-corrected chi connectivity index (χ2v) is 2.68. The first-order valence-electron chi connectivity index (χ1n) is 4.46. The molecule has 11 heavy (non-hydrogen) atoms. The Labute approximate surface area is 68.9 Å². The van der Waals surface area contributed by atoms with E-state index in [1.54, 1.807) is 0 Å². The van der Waals surface area contributed by atoms with Crippen LogP contribution in [0.1, 0.15) is 46.0 Å². The first kappa shape index (κ1) is 10.5. The molecule has 66 valence electrons. The molecule has 0 radical (unpaired) electrons. The molecule has 0 N–H and O–H groups in total. The highest BCUT2D eigenvalue weighted by molar-refractivity contribution is 5.69. The SMILES string of the molecule is CCCCCC(=O)OCCC. The highest BCUT2D eigenvalue weighted by Crippen LogP contribution is 2.00. The highest BCUT2D eigenvalue weighted by Gasteiger charge is 1.99. The molecule has 0 aromatic carbocycles. The third-order valence-corrected chi connectivity index (χ3v) is 1.45. The molecule has 0 aliphatic heterocycles. The first-order valence-corrected chi connectivity index (χ1v) is 4.46. The summed E-state index contributed by atoms with van der Waals surface area (Å²) in [5, 5.41) is 0. The van der Waals surface area contributed by atoms with Gasteiger partial charge in [0.1, 0.15) is 0 Å². The molecule has 0 bridgehead atoms. The number of unbranched alkanes of at least 4 members (excludes halogenated alkanes) is 2. The Morgan fingerprint density at radius 3 is 2.45 bits per heavy atom. The van der Waals surface area contributed by atoms with Crippen molar-refractivity contribution < 1.29 is 9.53 Å². The van der Waals surface area contributed by atoms with Crippen molar-refractivity contribution in [1.82, 2.24) is 0 Å². The fourth-order valence-electron chi connectivity index (χ4n) is 0.807. The predicted octanol–water partition coefficient (Wildman–Crippen LogP) is 2.52. The topological polar surface area (TPSA) is 26.3 Å². The van der Waals surface area contributed by atoms with Gasteiger partial charge in [0.15, 0.2) is 0 Å². The lowest BCUT2D eigenvalue weighted by Crippen LogP contribution is -2.04. The lowest BCUT2D eigenvalue weighted by Gasteiger charge is -2.01. The molecular weight excluding hydrogens is 140 g/mol. The summed E-state index contributed by atoms with van der Waals surface area (Å²) < 4.78 is 4.90. The minimum absolute atomic E-state index is 0.0414. The zero-order valence-corrected chi connectivity index (χ0v) is 7.56. The van der Waals surface area contributed by atoms with Gasteiger partial charge < -0.3 is 4.74 Å². The molecule has 0 saturated carbocycles. The standard InChI is InChI=1S/C9H18O2/c1-3-5-6-7-9(10)11-8-4-2/h3-8H2,1-2H3. The summed E-state index contributed by atoms with van der Waals surface area (Å²) in [4.78, 5) is 10.9. The third-order valence-electron chi connectivity index (χ3n) is 1.45. The molecule has 0 heterocycles. The maximum atomic E-state index is 10.9. The number of ether oxygens (including phenoxy) is 1. The van der Waals surface area contributed by atoms with E-state index in [2.05, 4.69) is 6.92 Å². The molecular formula is C9H18O2. The molecule has 0 fully saturated rings. The van der Waals surface area contributed by atoms with E-state index in [0.29, 0.717) is 13.0 Å². The summed E-state index contributed by atoms with van der Waals surface area (Å²) in [5.41, 5.74) is 0. The Morgan fingerprint density at radius 1 is 1.18 bits per heavy atom. The van der Waals surface area contributed by atoms with E-state index in [1.807, 2.05) is 6.92 Å². The molecule has 0 rings (SSSR count). The largest absolute Gasteiger partial charge is 0.466 e. The fraction of sp³-hybridized carbons (Fsp3) is 0.889. The maximum Gasteiger partial charge on any atom is 0.305 e. The number of esters is 1. The van der Waals surface area contributed by atoms with Gasteiger partial charge in [0.25, 0.3) is 0 Å². The molecule has 0 atom stereocenters. The van der Waals surface area contributed by atoms with Crippen LogP contribution in [-0.4, -0.2) is 12.6 Å². The van der Waals surface area contributed by atoms with E-state index in [-0.39, 0.29) is 5.97 Å². The van der Waals surface area contributed by atoms with Crippen LogP contribution < -0.4 is 0 Å². The Bertz CT molecular complexity index is 99.7. The van der Waals surface area contributed by atoms with Crippen molar-refractivity contribution in [2.24, 2.45) is 0 Å². The summed E-state index contributed by atoms with van der Waals surface area (Å²) >= 11 is 0. The zero-order valence-electron chi connectivity index (χ0n) is 7.56. The van der Waals surface area contributed by atoms with Crippen molar-refractivity contribution in [3.05, 3.63) is 0 Å². The van der Waals surface area contributed by atoms with Gasteiger partial charge in [-0.1, -0.05) is 26.7 Å². The molecule has 2 nitrogen and oxygen atoms in total. The maximum absolute atomic E-state index is 10.9. The van der Waals surface area contributed by atoms with Gasteiger partial charge in [0.05, 0.1) is 6.61 Å². The molecule has 0 spiro atoms. The van der Waals surface area contributed by atoms with Gasteiger partial charge >= 0.3 is 5.97 Å². The van der Waals surface area contributed by atoms with Crippen LogP contribution in [0.5, 0.6) is 0 Å². The van der Waals surface area contributed by atoms with Crippen LogP contribution >= 0.6 is 0 Å². The van der Waals surface area contributed by atoms with E-state index >= 15 is 0 Å². The number of carbonyl (C=O) groups is 1. The Balaban J connectivity index is 3.09. The molecule has 2 heteroatoms. The quantitative estimate of drug-likeness (QED) is 0.438. The molecule has 0 amide bonds. The van der Waals surface area contributed by atoms with E-state index in [9.17, 15) is 4.79 Å². The van der Waals surface area contributed by atoms with E-state index in [1.165, 1.54) is 0 Å². The summed E-state index contributed by atoms with van der Waals surface area (Å²) in [7, 11) is 0. The van der Waals surface area contributed by atoms with Crippen LogP contribution in [0.15, 0.2) is 0 Å². The monoisotopic (exact) mass is 158 g/mol. The van der Waals surface area contributed by atoms with Crippen molar-refractivity contribution in [2.75, 3.05) is 6.61 Å². The van der Waals surface area contributed by atoms with E-state index in [4.69, 9.17) is 4.74 Å². The van der Waals surface area contributed by atoms with Gasteiger partial charge in [-0.3, -0.25) is 4.79 Å². The van der Waals surface area contributed by atoms with Crippen LogP contribution in [0.4, 0.5) is 0 Å². The molecule has 0 aromatic rings. The fourth-order valence-corrected chi connectivity index (χ4v) is 0.807. The van der Waals surface area contributed by atoms with Gasteiger partial charge in [-0.05, 0) is 12.8 Å². The van der Waals surface area contributed by atoms with Crippen LogP contribution in [-0.2, 0) is 9.53 Å². The normalized spacial score (nSPS) is 9.64. The van der Waals surface area contributed by atoms with Crippen LogP contribution in [0.25, 0.3) is 0 Å². The van der Waals surface area contributed by atoms with Crippen LogP contribution in [0, 0.1) is 0 Å². The number of hydrogen-bond acceptors (Lipinski definition) is 2. The van der Waals surface area contributed by atoms with E-state index in [0.717, 1.165) is 25.7 Å². The second-order valence-electron chi connectivity index (χ2n) is 2.68. The summed E-state index contributed by atoms with van der Waals surface area (Å²) in [6.07, 6.45) is 4.76. The van der Waals surface area contributed by atoms with Crippen molar-refractivity contribution in [3.63, 3.8) is 0 Å². The number of carbonyl (C=O) groups excluding carboxylic acids is 1. The van der Waals surface area contributed by atoms with Gasteiger partial charge in [-0.15, -0.1) is 0 Å². The lowest BCUT2D eigenvalue weighted by atomic mass is 10.2. The van der Waals surface area contributed by atoms with E-state index < -0.39 is 0 Å². The van der Waals surface area contributed by atoms with Gasteiger partial charge in [0.2, 0.25) is 0 Å². The van der Waals surface area contributed by atoms with Crippen molar-refractivity contribution >= 4 is 5.97 Å². The minimum Gasteiger partial charge on any atom is -0.466 e. The molecule has 0 unspecified atom stereocenters. The average Bonchev–Trinajstić information content (AvgIpc) is 2.01. The van der Waals surface area contributed by atoms with Gasteiger partial charge in [-0.2, -0.15) is 0 Å². The molecule has 0 aliphatic rings. The van der Waals surface area contributed by atoms with Crippen molar-refractivity contribution in [3.8, 4) is 0 Å².